The van der Waals surface area contributed by atoms with Crippen LogP contribution in [0.5, 0.6) is 11.5 Å². The first kappa shape index (κ1) is 24.3. The Balaban J connectivity index is 1.94. The van der Waals surface area contributed by atoms with E-state index < -0.39 is 0 Å². The van der Waals surface area contributed by atoms with Gasteiger partial charge in [0, 0.05) is 30.9 Å². The first-order chi connectivity index (χ1) is 14.8. The van der Waals surface area contributed by atoms with Crippen molar-refractivity contribution in [2.24, 2.45) is 0 Å². The fourth-order valence-electron chi connectivity index (χ4n) is 3.60. The van der Waals surface area contributed by atoms with Crippen LogP contribution in [0.25, 0.3) is 0 Å². The van der Waals surface area contributed by atoms with Gasteiger partial charge in [-0.3, -0.25) is 9.59 Å². The highest BCUT2D eigenvalue weighted by Crippen LogP contribution is 2.25. The van der Waals surface area contributed by atoms with Gasteiger partial charge in [-0.05, 0) is 74.6 Å². The summed E-state index contributed by atoms with van der Waals surface area (Å²) in [6.07, 6.45) is 4.06. The highest BCUT2D eigenvalue weighted by molar-refractivity contribution is 5.98. The first-order valence-corrected chi connectivity index (χ1v) is 10.9. The molecule has 0 radical (unpaired) electrons. The van der Waals surface area contributed by atoms with Crippen molar-refractivity contribution < 1.29 is 19.1 Å². The molecule has 5 nitrogen and oxygen atoms in total. The van der Waals surface area contributed by atoms with Crippen LogP contribution in [-0.2, 0) is 16.0 Å². The van der Waals surface area contributed by atoms with E-state index in [1.807, 2.05) is 24.3 Å². The molecule has 1 N–H and O–H groups in total. The zero-order valence-corrected chi connectivity index (χ0v) is 19.0. The number of carbonyl (C=O) groups is 3. The Morgan fingerprint density at radius 3 is 1.87 bits per heavy atom. The zero-order valence-electron chi connectivity index (χ0n) is 19.0. The molecule has 1 amide bonds. The molecule has 0 unspecified atom stereocenters. The van der Waals surface area contributed by atoms with E-state index >= 15 is 0 Å². The molecule has 0 saturated carbocycles. The number of amides is 1. The number of hydrogen-bond donors (Lipinski definition) is 1. The molecular formula is C26H33NO4. The van der Waals surface area contributed by atoms with Crippen molar-refractivity contribution in [2.75, 3.05) is 0 Å². The van der Waals surface area contributed by atoms with Crippen LogP contribution in [0.1, 0.15) is 75.7 Å². The van der Waals surface area contributed by atoms with Gasteiger partial charge in [0.05, 0.1) is 0 Å². The maximum atomic E-state index is 12.1. The lowest BCUT2D eigenvalue weighted by molar-refractivity contribution is -0.121. The number of benzene rings is 2. The van der Waals surface area contributed by atoms with E-state index in [9.17, 15) is 14.4 Å². The maximum absolute atomic E-state index is 12.1. The predicted octanol–water partition coefficient (Wildman–Crippen LogP) is 5.66. The topological polar surface area (TPSA) is 72.5 Å². The third kappa shape index (κ3) is 7.67. The minimum absolute atomic E-state index is 0.0130. The van der Waals surface area contributed by atoms with Crippen LogP contribution in [0.3, 0.4) is 0 Å². The minimum Gasteiger partial charge on any atom is -0.457 e. The molecule has 166 valence electrons. The van der Waals surface area contributed by atoms with E-state index in [2.05, 4.69) is 19.2 Å². The van der Waals surface area contributed by atoms with Gasteiger partial charge in [-0.15, -0.1) is 0 Å². The Hall–Kier alpha value is -2.95. The molecular weight excluding hydrogens is 390 g/mol. The number of carbonyl (C=O) groups excluding carboxylic acids is 3. The number of nitrogens with one attached hydrogen (secondary N) is 1. The molecule has 5 heteroatoms. The second-order valence-electron chi connectivity index (χ2n) is 8.06. The molecule has 2 aromatic rings. The number of rotatable bonds is 12. The van der Waals surface area contributed by atoms with Gasteiger partial charge in [0.25, 0.3) is 0 Å². The lowest BCUT2D eigenvalue weighted by Crippen LogP contribution is -2.47. The lowest BCUT2D eigenvalue weighted by atomic mass is 9.86. The van der Waals surface area contributed by atoms with Crippen molar-refractivity contribution in [3.05, 3.63) is 59.7 Å². The monoisotopic (exact) mass is 423 g/mol. The third-order valence-electron chi connectivity index (χ3n) is 5.73. The fourth-order valence-corrected chi connectivity index (χ4v) is 3.60. The van der Waals surface area contributed by atoms with Crippen LogP contribution in [-0.4, -0.2) is 23.0 Å². The molecule has 0 heterocycles. The summed E-state index contributed by atoms with van der Waals surface area (Å²) in [5, 5.41) is 3.13. The highest BCUT2D eigenvalue weighted by atomic mass is 16.5. The summed E-state index contributed by atoms with van der Waals surface area (Å²) in [5.74, 6) is 1.36. The Kier molecular flexibility index (Phi) is 8.98. The minimum atomic E-state index is -0.162. The molecule has 0 aliphatic carbocycles. The largest absolute Gasteiger partial charge is 0.457 e. The lowest BCUT2D eigenvalue weighted by Gasteiger charge is -2.32. The van der Waals surface area contributed by atoms with E-state index in [-0.39, 0.29) is 35.9 Å². The molecule has 0 bridgehead atoms. The SMILES string of the molecule is CCC(CC)(CCc1ccc(Oc2ccc(C(=O)CCC(C)=O)cc2)cc1)NC(C)=O. The van der Waals surface area contributed by atoms with Crippen molar-refractivity contribution in [3.8, 4) is 11.5 Å². The summed E-state index contributed by atoms with van der Waals surface area (Å²) in [4.78, 5) is 34.7. The third-order valence-corrected chi connectivity index (χ3v) is 5.73. The predicted molar refractivity (Wildman–Crippen MR) is 123 cm³/mol. The van der Waals surface area contributed by atoms with Gasteiger partial charge in [-0.25, -0.2) is 0 Å². The average molecular weight is 424 g/mol. The van der Waals surface area contributed by atoms with Crippen molar-refractivity contribution in [3.63, 3.8) is 0 Å². The molecule has 0 spiro atoms. The molecule has 2 aromatic carbocycles. The van der Waals surface area contributed by atoms with Gasteiger partial charge in [-0.1, -0.05) is 26.0 Å². The summed E-state index contributed by atoms with van der Waals surface area (Å²) in [6.45, 7) is 7.28. The van der Waals surface area contributed by atoms with Crippen LogP contribution >= 0.6 is 0 Å². The van der Waals surface area contributed by atoms with Crippen LogP contribution in [0.15, 0.2) is 48.5 Å². The molecule has 0 saturated heterocycles. The second kappa shape index (κ2) is 11.4. The summed E-state index contributed by atoms with van der Waals surface area (Å²) < 4.78 is 5.88. The van der Waals surface area contributed by atoms with Crippen molar-refractivity contribution in [2.45, 2.75) is 71.8 Å². The van der Waals surface area contributed by atoms with Crippen LogP contribution in [0.2, 0.25) is 0 Å². The van der Waals surface area contributed by atoms with E-state index in [0.29, 0.717) is 11.3 Å². The van der Waals surface area contributed by atoms with Gasteiger partial charge in [0.1, 0.15) is 17.3 Å². The zero-order chi connectivity index (χ0) is 22.9. The van der Waals surface area contributed by atoms with Crippen LogP contribution < -0.4 is 10.1 Å². The van der Waals surface area contributed by atoms with Gasteiger partial charge in [-0.2, -0.15) is 0 Å². The van der Waals surface area contributed by atoms with Crippen molar-refractivity contribution in [1.82, 2.24) is 5.32 Å². The van der Waals surface area contributed by atoms with Gasteiger partial charge in [0.2, 0.25) is 5.91 Å². The standard InChI is InChI=1S/C26H33NO4/c1-5-26(6-2,27-20(4)29)18-17-21-8-12-23(13-9-21)31-24-14-10-22(11-15-24)25(30)16-7-19(3)28/h8-15H,5-7,16-18H2,1-4H3,(H,27,29). The molecule has 2 rings (SSSR count). The Morgan fingerprint density at radius 1 is 0.839 bits per heavy atom. The second-order valence-corrected chi connectivity index (χ2v) is 8.06. The average Bonchev–Trinajstić information content (AvgIpc) is 2.76. The van der Waals surface area contributed by atoms with E-state index in [0.717, 1.165) is 31.4 Å². The van der Waals surface area contributed by atoms with Crippen LogP contribution in [0, 0.1) is 0 Å². The van der Waals surface area contributed by atoms with Crippen molar-refractivity contribution >= 4 is 17.5 Å². The summed E-state index contributed by atoms with van der Waals surface area (Å²) >= 11 is 0. The molecule has 31 heavy (non-hydrogen) atoms. The van der Waals surface area contributed by atoms with Crippen molar-refractivity contribution in [1.29, 1.82) is 0 Å². The molecule has 0 fully saturated rings. The normalized spacial score (nSPS) is 11.1. The van der Waals surface area contributed by atoms with Gasteiger partial charge in [0.15, 0.2) is 5.78 Å². The number of Topliss-reactive ketones (excluding diaryl/α,β-unsaturated/α-hetero) is 2. The summed E-state index contributed by atoms with van der Waals surface area (Å²) in [6, 6.07) is 14.9. The number of hydrogen-bond acceptors (Lipinski definition) is 4. The van der Waals surface area contributed by atoms with Gasteiger partial charge >= 0.3 is 0 Å². The highest BCUT2D eigenvalue weighted by Gasteiger charge is 2.26. The number of aryl methyl sites for hydroxylation is 1. The van der Waals surface area contributed by atoms with E-state index in [4.69, 9.17) is 4.74 Å². The molecule has 0 aliphatic heterocycles. The van der Waals surface area contributed by atoms with E-state index in [1.165, 1.54) is 12.5 Å². The first-order valence-electron chi connectivity index (χ1n) is 10.9. The maximum Gasteiger partial charge on any atom is 0.217 e. The summed E-state index contributed by atoms with van der Waals surface area (Å²) in [7, 11) is 0. The Labute approximate surface area is 185 Å². The quantitative estimate of drug-likeness (QED) is 0.447. The van der Waals surface area contributed by atoms with Gasteiger partial charge < -0.3 is 14.8 Å². The smallest absolute Gasteiger partial charge is 0.217 e. The molecule has 0 aromatic heterocycles. The molecule has 0 atom stereocenters. The fraction of sp³-hybridized carbons (Fsp3) is 0.423. The number of ketones is 2. The Bertz CT molecular complexity index is 881. The van der Waals surface area contributed by atoms with Crippen LogP contribution in [0.4, 0.5) is 0 Å². The number of ether oxygens (including phenoxy) is 1. The Morgan fingerprint density at radius 2 is 1.39 bits per heavy atom. The van der Waals surface area contributed by atoms with E-state index in [1.54, 1.807) is 31.2 Å². The molecule has 0 aliphatic rings. The summed E-state index contributed by atoms with van der Waals surface area (Å²) in [5.41, 5.74) is 1.61.